The van der Waals surface area contributed by atoms with Gasteiger partial charge in [0.25, 0.3) is 0 Å². The lowest BCUT2D eigenvalue weighted by molar-refractivity contribution is -0.122. The summed E-state index contributed by atoms with van der Waals surface area (Å²) in [5, 5.41) is 11.8. The van der Waals surface area contributed by atoms with E-state index in [4.69, 9.17) is 5.11 Å². The summed E-state index contributed by atoms with van der Waals surface area (Å²) in [6, 6.07) is 0.217. The van der Waals surface area contributed by atoms with Crippen molar-refractivity contribution in [3.8, 4) is 0 Å². The van der Waals surface area contributed by atoms with Gasteiger partial charge in [0, 0.05) is 32.1 Å². The minimum atomic E-state index is -0.173. The van der Waals surface area contributed by atoms with Gasteiger partial charge in [-0.1, -0.05) is 0 Å². The number of carbonyl (C=O) groups excluding carboxylic acids is 1. The van der Waals surface area contributed by atoms with Crippen LogP contribution in [0.4, 0.5) is 0 Å². The predicted molar refractivity (Wildman–Crippen MR) is 50.3 cm³/mol. The van der Waals surface area contributed by atoms with Crippen LogP contribution in [-0.4, -0.2) is 47.7 Å². The van der Waals surface area contributed by atoms with Gasteiger partial charge in [-0.3, -0.25) is 9.69 Å². The second-order valence-electron chi connectivity index (χ2n) is 3.89. The molecule has 4 heteroatoms. The van der Waals surface area contributed by atoms with Gasteiger partial charge in [-0.2, -0.15) is 0 Å². The number of nitrogens with zero attached hydrogens (tertiary/aromatic N) is 1. The van der Waals surface area contributed by atoms with Gasteiger partial charge in [0.2, 0.25) is 5.91 Å². The third-order valence-electron chi connectivity index (χ3n) is 2.04. The highest BCUT2D eigenvalue weighted by Gasteiger charge is 2.23. The Kier molecular flexibility index (Phi) is 3.69. The Morgan fingerprint density at radius 1 is 1.62 bits per heavy atom. The fourth-order valence-electron chi connectivity index (χ4n) is 1.38. The molecule has 1 rings (SSSR count). The highest BCUT2D eigenvalue weighted by atomic mass is 16.3. The molecule has 0 atom stereocenters. The monoisotopic (exact) mass is 186 g/mol. The lowest BCUT2D eigenvalue weighted by atomic mass is 10.1. The lowest BCUT2D eigenvalue weighted by Gasteiger charge is -2.35. The van der Waals surface area contributed by atoms with E-state index in [9.17, 15) is 4.79 Å². The van der Waals surface area contributed by atoms with Crippen LogP contribution in [0.5, 0.6) is 0 Å². The van der Waals surface area contributed by atoms with Gasteiger partial charge < -0.3 is 10.4 Å². The standard InChI is InChI=1S/C9H18N2O2/c1-7(2)10-9(13)3-4-11-5-8(12)6-11/h7-8,12H,3-6H2,1-2H3,(H,10,13). The van der Waals surface area contributed by atoms with E-state index in [1.165, 1.54) is 0 Å². The van der Waals surface area contributed by atoms with Crippen LogP contribution in [0.25, 0.3) is 0 Å². The maximum absolute atomic E-state index is 11.2. The number of rotatable bonds is 4. The van der Waals surface area contributed by atoms with E-state index in [0.29, 0.717) is 6.42 Å². The average Bonchev–Trinajstić information content (AvgIpc) is 1.94. The van der Waals surface area contributed by atoms with Crippen LogP contribution in [0, 0.1) is 0 Å². The molecule has 0 aromatic carbocycles. The lowest BCUT2D eigenvalue weighted by Crippen LogP contribution is -2.51. The molecule has 0 radical (unpaired) electrons. The number of aliphatic hydroxyl groups excluding tert-OH is 1. The van der Waals surface area contributed by atoms with Gasteiger partial charge >= 0.3 is 0 Å². The Bertz CT molecular complexity index is 176. The van der Waals surface area contributed by atoms with Crippen LogP contribution < -0.4 is 5.32 Å². The molecule has 76 valence electrons. The predicted octanol–water partition coefficient (Wildman–Crippen LogP) is -0.422. The van der Waals surface area contributed by atoms with Gasteiger partial charge in [0.1, 0.15) is 0 Å². The zero-order chi connectivity index (χ0) is 9.84. The molecule has 0 aromatic rings. The normalized spacial score (nSPS) is 18.8. The van der Waals surface area contributed by atoms with E-state index in [0.717, 1.165) is 19.6 Å². The average molecular weight is 186 g/mol. The van der Waals surface area contributed by atoms with Crippen LogP contribution in [0.15, 0.2) is 0 Å². The second-order valence-corrected chi connectivity index (χ2v) is 3.89. The molecule has 2 N–H and O–H groups in total. The summed E-state index contributed by atoms with van der Waals surface area (Å²) >= 11 is 0. The first-order valence-corrected chi connectivity index (χ1v) is 4.77. The second kappa shape index (κ2) is 4.58. The smallest absolute Gasteiger partial charge is 0.221 e. The minimum Gasteiger partial charge on any atom is -0.390 e. The molecule has 1 aliphatic rings. The molecule has 1 fully saturated rings. The van der Waals surface area contributed by atoms with E-state index < -0.39 is 0 Å². The molecular weight excluding hydrogens is 168 g/mol. The van der Waals surface area contributed by atoms with Crippen LogP contribution in [0.2, 0.25) is 0 Å². The molecule has 1 amide bonds. The molecule has 0 unspecified atom stereocenters. The number of nitrogens with one attached hydrogen (secondary N) is 1. The fraction of sp³-hybridized carbons (Fsp3) is 0.889. The number of hydrogen-bond donors (Lipinski definition) is 2. The largest absolute Gasteiger partial charge is 0.390 e. The Labute approximate surface area is 78.9 Å². The maximum Gasteiger partial charge on any atom is 0.221 e. The van der Waals surface area contributed by atoms with Gasteiger partial charge in [0.05, 0.1) is 6.10 Å². The van der Waals surface area contributed by atoms with Crippen molar-refractivity contribution in [2.75, 3.05) is 19.6 Å². The van der Waals surface area contributed by atoms with E-state index >= 15 is 0 Å². The maximum atomic E-state index is 11.2. The number of aliphatic hydroxyl groups is 1. The third-order valence-corrected chi connectivity index (χ3v) is 2.04. The van der Waals surface area contributed by atoms with Crippen LogP contribution in [0.3, 0.4) is 0 Å². The first kappa shape index (κ1) is 10.5. The number of amides is 1. The number of hydrogen-bond acceptors (Lipinski definition) is 3. The third kappa shape index (κ3) is 3.74. The summed E-state index contributed by atoms with van der Waals surface area (Å²) in [6.45, 7) is 6.09. The van der Waals surface area contributed by atoms with Crippen molar-refractivity contribution in [1.29, 1.82) is 0 Å². The molecule has 13 heavy (non-hydrogen) atoms. The van der Waals surface area contributed by atoms with E-state index in [2.05, 4.69) is 10.2 Å². The van der Waals surface area contributed by atoms with Crippen LogP contribution in [0.1, 0.15) is 20.3 Å². The molecule has 0 spiro atoms. The van der Waals surface area contributed by atoms with Crippen molar-refractivity contribution in [2.45, 2.75) is 32.4 Å². The van der Waals surface area contributed by atoms with Crippen molar-refractivity contribution in [3.63, 3.8) is 0 Å². The van der Waals surface area contributed by atoms with Crippen LogP contribution >= 0.6 is 0 Å². The topological polar surface area (TPSA) is 52.6 Å². The zero-order valence-electron chi connectivity index (χ0n) is 8.29. The molecule has 4 nitrogen and oxygen atoms in total. The van der Waals surface area contributed by atoms with E-state index in [1.54, 1.807) is 0 Å². The highest BCUT2D eigenvalue weighted by molar-refractivity contribution is 5.76. The van der Waals surface area contributed by atoms with Crippen molar-refractivity contribution >= 4 is 5.91 Å². The Hall–Kier alpha value is -0.610. The van der Waals surface area contributed by atoms with E-state index in [-0.39, 0.29) is 18.1 Å². The van der Waals surface area contributed by atoms with Crippen molar-refractivity contribution in [1.82, 2.24) is 10.2 Å². The molecule has 0 bridgehead atoms. The van der Waals surface area contributed by atoms with Gasteiger partial charge in [-0.15, -0.1) is 0 Å². The first-order valence-electron chi connectivity index (χ1n) is 4.77. The summed E-state index contributed by atoms with van der Waals surface area (Å²) in [5.41, 5.74) is 0. The fourth-order valence-corrected chi connectivity index (χ4v) is 1.38. The Morgan fingerprint density at radius 2 is 2.23 bits per heavy atom. The molecule has 1 saturated heterocycles. The molecule has 1 heterocycles. The summed E-state index contributed by atoms with van der Waals surface area (Å²) in [4.78, 5) is 13.3. The van der Waals surface area contributed by atoms with Gasteiger partial charge in [-0.25, -0.2) is 0 Å². The van der Waals surface area contributed by atoms with Gasteiger partial charge in [0.15, 0.2) is 0 Å². The summed E-state index contributed by atoms with van der Waals surface area (Å²) in [7, 11) is 0. The minimum absolute atomic E-state index is 0.0939. The molecule has 1 aliphatic heterocycles. The summed E-state index contributed by atoms with van der Waals surface area (Å²) < 4.78 is 0. The molecular formula is C9H18N2O2. The summed E-state index contributed by atoms with van der Waals surface area (Å²) in [5.74, 6) is 0.0939. The molecule has 0 aliphatic carbocycles. The van der Waals surface area contributed by atoms with Crippen LogP contribution in [-0.2, 0) is 4.79 Å². The molecule has 0 saturated carbocycles. The Balaban J connectivity index is 2.02. The van der Waals surface area contributed by atoms with Crippen molar-refractivity contribution in [2.24, 2.45) is 0 Å². The van der Waals surface area contributed by atoms with Gasteiger partial charge in [-0.05, 0) is 13.8 Å². The molecule has 0 aromatic heterocycles. The quantitative estimate of drug-likeness (QED) is 0.627. The highest BCUT2D eigenvalue weighted by Crippen LogP contribution is 2.06. The van der Waals surface area contributed by atoms with Crippen molar-refractivity contribution < 1.29 is 9.90 Å². The number of likely N-dealkylation sites (tertiary alicyclic amines) is 1. The summed E-state index contributed by atoms with van der Waals surface area (Å²) in [6.07, 6.45) is 0.360. The first-order chi connectivity index (χ1) is 6.08. The zero-order valence-corrected chi connectivity index (χ0v) is 8.29. The van der Waals surface area contributed by atoms with Crippen molar-refractivity contribution in [3.05, 3.63) is 0 Å². The number of carbonyl (C=O) groups is 1. The SMILES string of the molecule is CC(C)NC(=O)CCN1CC(O)C1. The Morgan fingerprint density at radius 3 is 2.69 bits per heavy atom. The number of β-amino-alcohol motifs (C(OH)–C–C–N with tert-alkyl or cyclic N) is 1. The van der Waals surface area contributed by atoms with E-state index in [1.807, 2.05) is 13.8 Å².